The van der Waals surface area contributed by atoms with Gasteiger partial charge in [0.05, 0.1) is 12.9 Å². The Morgan fingerprint density at radius 1 is 1.15 bits per heavy atom. The minimum absolute atomic E-state index is 0.168. The molecule has 0 unspecified atom stereocenters. The standard InChI is InChI=1S/C18H28N2O5S/c1-15-12-19(18(21)24-14-17-8-5-4-6-9-17)13-16(2)20(15)10-7-11-25-26(3,22)23/h4-6,8-9,15-16H,7,10-14H2,1-3H3/t15-,16-/m0/s1. The van der Waals surface area contributed by atoms with E-state index in [2.05, 4.69) is 18.7 Å². The van der Waals surface area contributed by atoms with Crippen LogP contribution in [0.25, 0.3) is 0 Å². The van der Waals surface area contributed by atoms with Crippen LogP contribution in [0, 0.1) is 0 Å². The molecule has 1 amide bonds. The molecule has 8 heteroatoms. The maximum Gasteiger partial charge on any atom is 0.410 e. The third-order valence-electron chi connectivity index (χ3n) is 4.42. The summed E-state index contributed by atoms with van der Waals surface area (Å²) in [6, 6.07) is 9.94. The Morgan fingerprint density at radius 2 is 1.77 bits per heavy atom. The first-order chi connectivity index (χ1) is 12.3. The molecule has 0 spiro atoms. The van der Waals surface area contributed by atoms with E-state index in [0.717, 1.165) is 18.4 Å². The number of carbonyl (C=O) groups is 1. The number of nitrogens with zero attached hydrogens (tertiary/aromatic N) is 2. The second-order valence-electron chi connectivity index (χ2n) is 6.76. The van der Waals surface area contributed by atoms with Crippen molar-refractivity contribution in [1.82, 2.24) is 9.80 Å². The minimum Gasteiger partial charge on any atom is -0.445 e. The molecule has 0 saturated carbocycles. The van der Waals surface area contributed by atoms with Crippen LogP contribution in [0.15, 0.2) is 30.3 Å². The molecule has 7 nitrogen and oxygen atoms in total. The first kappa shape index (κ1) is 20.7. The highest BCUT2D eigenvalue weighted by Gasteiger charge is 2.32. The van der Waals surface area contributed by atoms with E-state index >= 15 is 0 Å². The third kappa shape index (κ3) is 6.59. The monoisotopic (exact) mass is 384 g/mol. The van der Waals surface area contributed by atoms with Gasteiger partial charge >= 0.3 is 6.09 Å². The van der Waals surface area contributed by atoms with Crippen molar-refractivity contribution >= 4 is 16.2 Å². The Balaban J connectivity index is 1.78. The summed E-state index contributed by atoms with van der Waals surface area (Å²) < 4.78 is 32.2. The highest BCUT2D eigenvalue weighted by atomic mass is 32.2. The van der Waals surface area contributed by atoms with E-state index in [9.17, 15) is 13.2 Å². The number of ether oxygens (including phenoxy) is 1. The van der Waals surface area contributed by atoms with Crippen LogP contribution in [0.2, 0.25) is 0 Å². The van der Waals surface area contributed by atoms with Gasteiger partial charge in [-0.2, -0.15) is 8.42 Å². The van der Waals surface area contributed by atoms with E-state index in [1.807, 2.05) is 30.3 Å². The Hall–Kier alpha value is -1.64. The summed E-state index contributed by atoms with van der Waals surface area (Å²) in [5.74, 6) is 0. The van der Waals surface area contributed by atoms with Gasteiger partial charge in [-0.05, 0) is 25.8 Å². The number of benzene rings is 1. The number of amides is 1. The Kier molecular flexibility index (Phi) is 7.43. The lowest BCUT2D eigenvalue weighted by Gasteiger charge is -2.44. The van der Waals surface area contributed by atoms with Crippen molar-refractivity contribution in [2.45, 2.75) is 39.0 Å². The fraction of sp³-hybridized carbons (Fsp3) is 0.611. The lowest BCUT2D eigenvalue weighted by atomic mass is 10.1. The van der Waals surface area contributed by atoms with Crippen molar-refractivity contribution in [2.24, 2.45) is 0 Å². The molecule has 2 atom stereocenters. The molecule has 1 heterocycles. The van der Waals surface area contributed by atoms with Gasteiger partial charge in [-0.15, -0.1) is 0 Å². The molecule has 0 aliphatic carbocycles. The predicted molar refractivity (Wildman–Crippen MR) is 99.2 cm³/mol. The Labute approximate surface area is 156 Å². The van der Waals surface area contributed by atoms with Gasteiger partial charge < -0.3 is 9.64 Å². The number of piperazine rings is 1. The van der Waals surface area contributed by atoms with Crippen LogP contribution in [0.1, 0.15) is 25.8 Å². The number of hydrogen-bond acceptors (Lipinski definition) is 6. The molecule has 146 valence electrons. The van der Waals surface area contributed by atoms with E-state index < -0.39 is 10.1 Å². The van der Waals surface area contributed by atoms with Crippen LogP contribution in [0.3, 0.4) is 0 Å². The van der Waals surface area contributed by atoms with Crippen LogP contribution in [0.4, 0.5) is 4.79 Å². The number of carbonyl (C=O) groups excluding carboxylic acids is 1. The van der Waals surface area contributed by atoms with Crippen molar-refractivity contribution in [3.63, 3.8) is 0 Å². The smallest absolute Gasteiger partial charge is 0.410 e. The molecular formula is C18H28N2O5S. The van der Waals surface area contributed by atoms with Crippen LogP contribution in [-0.4, -0.2) is 68.9 Å². The second-order valence-corrected chi connectivity index (χ2v) is 8.40. The van der Waals surface area contributed by atoms with Gasteiger partial charge in [0.25, 0.3) is 10.1 Å². The van der Waals surface area contributed by atoms with Crippen LogP contribution >= 0.6 is 0 Å². The van der Waals surface area contributed by atoms with Gasteiger partial charge in [-0.3, -0.25) is 9.08 Å². The Bertz CT molecular complexity index is 668. The number of rotatable bonds is 7. The molecule has 1 saturated heterocycles. The maximum atomic E-state index is 12.3. The summed E-state index contributed by atoms with van der Waals surface area (Å²) in [6.45, 7) is 6.47. The van der Waals surface area contributed by atoms with Crippen LogP contribution < -0.4 is 0 Å². The van der Waals surface area contributed by atoms with Gasteiger partial charge in [0.15, 0.2) is 0 Å². The summed E-state index contributed by atoms with van der Waals surface area (Å²) in [5, 5.41) is 0. The molecule has 0 bridgehead atoms. The van der Waals surface area contributed by atoms with Gasteiger partial charge in [0.1, 0.15) is 6.61 Å². The van der Waals surface area contributed by atoms with Crippen molar-refractivity contribution in [3.8, 4) is 0 Å². The molecule has 1 aromatic rings. The zero-order valence-corrected chi connectivity index (χ0v) is 16.4. The van der Waals surface area contributed by atoms with Crippen LogP contribution in [-0.2, 0) is 25.6 Å². The predicted octanol–water partition coefficient (Wildman–Crippen LogP) is 2.08. The molecule has 26 heavy (non-hydrogen) atoms. The fourth-order valence-electron chi connectivity index (χ4n) is 3.21. The van der Waals surface area contributed by atoms with Gasteiger partial charge in [0.2, 0.25) is 0 Å². The summed E-state index contributed by atoms with van der Waals surface area (Å²) in [6.07, 6.45) is 1.38. The molecule has 1 aliphatic heterocycles. The lowest BCUT2D eigenvalue weighted by Crippen LogP contribution is -2.58. The van der Waals surface area contributed by atoms with Gasteiger partial charge in [-0.1, -0.05) is 30.3 Å². The summed E-state index contributed by atoms with van der Waals surface area (Å²) in [7, 11) is -3.39. The van der Waals surface area contributed by atoms with Crippen molar-refractivity contribution in [3.05, 3.63) is 35.9 Å². The molecule has 0 aromatic heterocycles. The summed E-state index contributed by atoms with van der Waals surface area (Å²) in [4.78, 5) is 16.3. The average molecular weight is 384 g/mol. The number of hydrogen-bond donors (Lipinski definition) is 0. The normalized spacial score (nSPS) is 21.6. The van der Waals surface area contributed by atoms with Crippen LogP contribution in [0.5, 0.6) is 0 Å². The topological polar surface area (TPSA) is 76.2 Å². The van der Waals surface area contributed by atoms with E-state index in [4.69, 9.17) is 8.92 Å². The molecule has 0 radical (unpaired) electrons. The van der Waals surface area contributed by atoms with E-state index in [-0.39, 0.29) is 31.4 Å². The highest BCUT2D eigenvalue weighted by Crippen LogP contribution is 2.17. The summed E-state index contributed by atoms with van der Waals surface area (Å²) in [5.41, 5.74) is 0.964. The molecule has 1 aromatic carbocycles. The van der Waals surface area contributed by atoms with Crippen molar-refractivity contribution < 1.29 is 22.1 Å². The maximum absolute atomic E-state index is 12.3. The fourth-order valence-corrected chi connectivity index (χ4v) is 3.64. The second kappa shape index (κ2) is 9.34. The Morgan fingerprint density at radius 3 is 2.35 bits per heavy atom. The van der Waals surface area contributed by atoms with Gasteiger partial charge in [-0.25, -0.2) is 4.79 Å². The average Bonchev–Trinajstić information content (AvgIpc) is 2.58. The van der Waals surface area contributed by atoms with E-state index in [0.29, 0.717) is 19.5 Å². The molecule has 1 fully saturated rings. The van der Waals surface area contributed by atoms with E-state index in [1.165, 1.54) is 0 Å². The van der Waals surface area contributed by atoms with Crippen molar-refractivity contribution in [1.29, 1.82) is 0 Å². The quantitative estimate of drug-likeness (QED) is 0.529. The minimum atomic E-state index is -3.39. The third-order valence-corrected chi connectivity index (χ3v) is 5.02. The molecule has 1 aliphatic rings. The highest BCUT2D eigenvalue weighted by molar-refractivity contribution is 7.85. The zero-order valence-electron chi connectivity index (χ0n) is 15.6. The first-order valence-electron chi connectivity index (χ1n) is 8.82. The van der Waals surface area contributed by atoms with E-state index in [1.54, 1.807) is 4.90 Å². The summed E-state index contributed by atoms with van der Waals surface area (Å²) >= 11 is 0. The molecular weight excluding hydrogens is 356 g/mol. The SMILES string of the molecule is C[C@H]1CN(C(=O)OCc2ccccc2)C[C@H](C)N1CCCOS(C)(=O)=O. The zero-order chi connectivity index (χ0) is 19.2. The molecule has 0 N–H and O–H groups in total. The molecule has 2 rings (SSSR count). The largest absolute Gasteiger partial charge is 0.445 e. The lowest BCUT2D eigenvalue weighted by molar-refractivity contribution is 0.0231. The van der Waals surface area contributed by atoms with Crippen molar-refractivity contribution in [2.75, 3.05) is 32.5 Å². The first-order valence-corrected chi connectivity index (χ1v) is 10.6. The van der Waals surface area contributed by atoms with Gasteiger partial charge in [0, 0.05) is 31.7 Å².